The number of fused-ring (bicyclic) bond motifs is 3. The predicted octanol–water partition coefficient (Wildman–Crippen LogP) is 3.09. The minimum Gasteiger partial charge on any atom is -0.314 e. The molecule has 3 aromatic heterocycles. The maximum absolute atomic E-state index is 13.2. The molecule has 0 saturated heterocycles. The van der Waals surface area contributed by atoms with Gasteiger partial charge in [-0.1, -0.05) is 12.1 Å². The van der Waals surface area contributed by atoms with Gasteiger partial charge in [-0.05, 0) is 30.7 Å². The Balaban J connectivity index is 2.01. The van der Waals surface area contributed by atoms with Crippen LogP contribution in [0.25, 0.3) is 27.7 Å². The van der Waals surface area contributed by atoms with Gasteiger partial charge in [0.15, 0.2) is 5.65 Å². The van der Waals surface area contributed by atoms with Gasteiger partial charge >= 0.3 is 0 Å². The number of aryl methyl sites for hydroxylation is 2. The van der Waals surface area contributed by atoms with Gasteiger partial charge in [-0.2, -0.15) is 17.7 Å². The molecule has 0 atom stereocenters. The summed E-state index contributed by atoms with van der Waals surface area (Å²) in [6.45, 7) is 2.41. The second-order valence-electron chi connectivity index (χ2n) is 5.80. The molecule has 4 aromatic rings. The minimum atomic E-state index is -0.291. The van der Waals surface area contributed by atoms with E-state index in [2.05, 4.69) is 22.7 Å². The molecule has 7 heteroatoms. The van der Waals surface area contributed by atoms with Crippen LogP contribution < -0.4 is 5.56 Å². The van der Waals surface area contributed by atoms with Crippen LogP contribution in [0.3, 0.4) is 0 Å². The van der Waals surface area contributed by atoms with Crippen LogP contribution in [-0.2, 0) is 6.54 Å². The summed E-state index contributed by atoms with van der Waals surface area (Å²) in [5.41, 5.74) is 3.67. The van der Waals surface area contributed by atoms with Crippen molar-refractivity contribution in [1.82, 2.24) is 19.2 Å². The molecule has 25 heavy (non-hydrogen) atoms. The third kappa shape index (κ3) is 2.51. The van der Waals surface area contributed by atoms with Crippen molar-refractivity contribution in [2.75, 3.05) is 5.75 Å². The second kappa shape index (κ2) is 6.00. The summed E-state index contributed by atoms with van der Waals surface area (Å²) >= 11 is 4.18. The lowest BCUT2D eigenvalue weighted by Crippen LogP contribution is -2.21. The fraction of sp³-hybridized carbons (Fsp3) is 0.167. The van der Waals surface area contributed by atoms with Gasteiger partial charge < -0.3 is 4.57 Å². The number of halogens is 1. The van der Waals surface area contributed by atoms with E-state index in [-0.39, 0.29) is 11.4 Å². The van der Waals surface area contributed by atoms with E-state index in [9.17, 15) is 9.18 Å². The smallest absolute Gasteiger partial charge is 0.261 e. The number of nitrogens with zero attached hydrogens (tertiary/aromatic N) is 4. The highest BCUT2D eigenvalue weighted by atomic mass is 32.1. The molecule has 0 saturated carbocycles. The molecule has 1 aromatic carbocycles. The first-order valence-corrected chi connectivity index (χ1v) is 8.47. The molecule has 0 bridgehead atoms. The first kappa shape index (κ1) is 15.8. The van der Waals surface area contributed by atoms with E-state index < -0.39 is 0 Å². The average molecular weight is 354 g/mol. The standard InChI is InChI=1S/C18H15FN4OS/c1-11-16(12-2-4-13(19)5-3-12)17-20-10-14-15(23(17)21-11)6-7-22(8-9-25)18(14)24/h2-7,10,25H,8-9H2,1H3. The SMILES string of the molecule is Cc1nn2c(ncc3c(=O)n(CCS)ccc32)c1-c1ccc(F)cc1. The van der Waals surface area contributed by atoms with E-state index >= 15 is 0 Å². The van der Waals surface area contributed by atoms with E-state index in [4.69, 9.17) is 0 Å². The molecule has 126 valence electrons. The molecule has 0 spiro atoms. The molecular weight excluding hydrogens is 339 g/mol. The molecule has 0 amide bonds. The fourth-order valence-electron chi connectivity index (χ4n) is 3.05. The van der Waals surface area contributed by atoms with E-state index in [1.54, 1.807) is 33.6 Å². The lowest BCUT2D eigenvalue weighted by atomic mass is 10.1. The molecule has 0 unspecified atom stereocenters. The van der Waals surface area contributed by atoms with Crippen molar-refractivity contribution in [3.63, 3.8) is 0 Å². The average Bonchev–Trinajstić information content (AvgIpc) is 2.94. The number of hydrogen-bond donors (Lipinski definition) is 1. The third-order valence-electron chi connectivity index (χ3n) is 4.23. The highest BCUT2D eigenvalue weighted by Gasteiger charge is 2.16. The van der Waals surface area contributed by atoms with E-state index in [1.165, 1.54) is 12.1 Å². The van der Waals surface area contributed by atoms with Crippen molar-refractivity contribution in [1.29, 1.82) is 0 Å². The quantitative estimate of drug-likeness (QED) is 0.575. The monoisotopic (exact) mass is 354 g/mol. The number of pyridine rings is 1. The largest absolute Gasteiger partial charge is 0.314 e. The molecular formula is C18H15FN4OS. The Hall–Kier alpha value is -2.67. The van der Waals surface area contributed by atoms with E-state index in [0.29, 0.717) is 28.8 Å². The number of benzene rings is 1. The second-order valence-corrected chi connectivity index (χ2v) is 6.24. The molecule has 0 radical (unpaired) electrons. The third-order valence-corrected chi connectivity index (χ3v) is 4.43. The van der Waals surface area contributed by atoms with Gasteiger partial charge in [0.1, 0.15) is 5.82 Å². The summed E-state index contributed by atoms with van der Waals surface area (Å²) in [6, 6.07) is 8.09. The van der Waals surface area contributed by atoms with Crippen molar-refractivity contribution in [3.8, 4) is 11.1 Å². The Morgan fingerprint density at radius 3 is 2.68 bits per heavy atom. The fourth-order valence-corrected chi connectivity index (χ4v) is 3.27. The van der Waals surface area contributed by atoms with Crippen LogP contribution in [-0.4, -0.2) is 24.9 Å². The van der Waals surface area contributed by atoms with Crippen LogP contribution in [0.2, 0.25) is 0 Å². The summed E-state index contributed by atoms with van der Waals surface area (Å²) < 4.78 is 16.5. The zero-order valence-electron chi connectivity index (χ0n) is 13.5. The molecule has 0 N–H and O–H groups in total. The van der Waals surface area contributed by atoms with Gasteiger partial charge in [0.25, 0.3) is 5.56 Å². The molecule has 4 rings (SSSR count). The molecule has 0 fully saturated rings. The Bertz CT molecular complexity index is 1150. The van der Waals surface area contributed by atoms with Crippen LogP contribution >= 0.6 is 12.6 Å². The van der Waals surface area contributed by atoms with Crippen molar-refractivity contribution < 1.29 is 4.39 Å². The Morgan fingerprint density at radius 1 is 1.20 bits per heavy atom. The highest BCUT2D eigenvalue weighted by molar-refractivity contribution is 7.80. The minimum absolute atomic E-state index is 0.113. The Kier molecular flexibility index (Phi) is 3.80. The number of hydrogen-bond acceptors (Lipinski definition) is 4. The Morgan fingerprint density at radius 2 is 1.96 bits per heavy atom. The lowest BCUT2D eigenvalue weighted by molar-refractivity contribution is 0.628. The predicted molar refractivity (Wildman–Crippen MR) is 98.7 cm³/mol. The van der Waals surface area contributed by atoms with E-state index in [0.717, 1.165) is 16.8 Å². The molecule has 0 aliphatic rings. The first-order valence-electron chi connectivity index (χ1n) is 7.84. The highest BCUT2D eigenvalue weighted by Crippen LogP contribution is 2.28. The zero-order chi connectivity index (χ0) is 17.6. The summed E-state index contributed by atoms with van der Waals surface area (Å²) in [5.74, 6) is 0.289. The number of rotatable bonds is 3. The van der Waals surface area contributed by atoms with Gasteiger partial charge in [0.2, 0.25) is 0 Å². The van der Waals surface area contributed by atoms with Crippen LogP contribution in [0.4, 0.5) is 4.39 Å². The van der Waals surface area contributed by atoms with Crippen molar-refractivity contribution in [2.45, 2.75) is 13.5 Å². The lowest BCUT2D eigenvalue weighted by Gasteiger charge is -2.06. The summed E-state index contributed by atoms with van der Waals surface area (Å²) in [7, 11) is 0. The number of thiol groups is 1. The van der Waals surface area contributed by atoms with Crippen molar-refractivity contribution in [2.24, 2.45) is 0 Å². The first-order chi connectivity index (χ1) is 12.1. The maximum atomic E-state index is 13.2. The summed E-state index contributed by atoms with van der Waals surface area (Å²) in [4.78, 5) is 17.0. The number of aromatic nitrogens is 4. The molecule has 5 nitrogen and oxygen atoms in total. The Labute approximate surface area is 148 Å². The van der Waals surface area contributed by atoms with Crippen LogP contribution in [0.1, 0.15) is 5.69 Å². The molecule has 0 aliphatic heterocycles. The van der Waals surface area contributed by atoms with Crippen molar-refractivity contribution in [3.05, 3.63) is 64.6 Å². The summed E-state index contributed by atoms with van der Waals surface area (Å²) in [6.07, 6.45) is 3.32. The van der Waals surface area contributed by atoms with Crippen molar-refractivity contribution >= 4 is 29.2 Å². The van der Waals surface area contributed by atoms with Crippen LogP contribution in [0.5, 0.6) is 0 Å². The normalized spacial score (nSPS) is 11.5. The molecule has 0 aliphatic carbocycles. The van der Waals surface area contributed by atoms with E-state index in [1.807, 2.05) is 13.0 Å². The molecule has 3 heterocycles. The van der Waals surface area contributed by atoms with Gasteiger partial charge in [0.05, 0.1) is 16.6 Å². The maximum Gasteiger partial charge on any atom is 0.261 e. The van der Waals surface area contributed by atoms with Gasteiger partial charge in [-0.3, -0.25) is 4.79 Å². The summed E-state index contributed by atoms with van der Waals surface area (Å²) in [5, 5.41) is 5.06. The van der Waals surface area contributed by atoms with Crippen LogP contribution in [0.15, 0.2) is 47.5 Å². The van der Waals surface area contributed by atoms with Gasteiger partial charge in [-0.25, -0.2) is 13.9 Å². The topological polar surface area (TPSA) is 52.2 Å². The van der Waals surface area contributed by atoms with Gasteiger partial charge in [0, 0.05) is 30.3 Å². The van der Waals surface area contributed by atoms with Gasteiger partial charge in [-0.15, -0.1) is 0 Å². The zero-order valence-corrected chi connectivity index (χ0v) is 14.4. The van der Waals surface area contributed by atoms with Crippen LogP contribution in [0, 0.1) is 12.7 Å².